The van der Waals surface area contributed by atoms with E-state index in [-0.39, 0.29) is 6.61 Å². The molecular formula is C16H34N2O. The van der Waals surface area contributed by atoms with Gasteiger partial charge in [0.15, 0.2) is 0 Å². The number of aliphatic hydroxyl groups excluding tert-OH is 1. The van der Waals surface area contributed by atoms with Crippen LogP contribution in [0.3, 0.4) is 0 Å². The molecule has 0 aromatic heterocycles. The predicted octanol–water partition coefficient (Wildman–Crippen LogP) is 2.50. The van der Waals surface area contributed by atoms with Crippen molar-refractivity contribution < 1.29 is 5.11 Å². The molecule has 2 unspecified atom stereocenters. The number of unbranched alkanes of at least 4 members (excludes halogenated alkanes) is 1. The van der Waals surface area contributed by atoms with Gasteiger partial charge in [0.25, 0.3) is 0 Å². The zero-order valence-electron chi connectivity index (χ0n) is 13.4. The van der Waals surface area contributed by atoms with Crippen molar-refractivity contribution >= 4 is 0 Å². The molecule has 2 atom stereocenters. The van der Waals surface area contributed by atoms with Gasteiger partial charge in [0, 0.05) is 19.1 Å². The van der Waals surface area contributed by atoms with Crippen molar-refractivity contribution in [2.45, 2.75) is 59.4 Å². The van der Waals surface area contributed by atoms with Gasteiger partial charge in [-0.1, -0.05) is 34.1 Å². The molecule has 0 amide bonds. The van der Waals surface area contributed by atoms with E-state index in [1.165, 1.54) is 25.7 Å². The van der Waals surface area contributed by atoms with Crippen molar-refractivity contribution in [1.82, 2.24) is 10.2 Å². The summed E-state index contributed by atoms with van der Waals surface area (Å²) in [5.41, 5.74) is 0.413. The van der Waals surface area contributed by atoms with E-state index in [4.69, 9.17) is 0 Å². The monoisotopic (exact) mass is 270 g/mol. The maximum absolute atomic E-state index is 9.22. The number of hydrogen-bond acceptors (Lipinski definition) is 3. The van der Waals surface area contributed by atoms with E-state index < -0.39 is 0 Å². The molecule has 3 heteroatoms. The fraction of sp³-hybridized carbons (Fsp3) is 1.00. The van der Waals surface area contributed by atoms with E-state index in [2.05, 4.69) is 37.9 Å². The van der Waals surface area contributed by atoms with Crippen LogP contribution in [-0.4, -0.2) is 48.8 Å². The summed E-state index contributed by atoms with van der Waals surface area (Å²) in [4.78, 5) is 2.46. The molecule has 1 fully saturated rings. The molecule has 3 nitrogen and oxygen atoms in total. The summed E-state index contributed by atoms with van der Waals surface area (Å²) in [6, 6.07) is 0.625. The molecule has 0 aromatic rings. The highest BCUT2D eigenvalue weighted by molar-refractivity contribution is 4.97. The SMILES string of the molecule is CCCCN(CCO)CC1CCC(C)(C)C1NCC. The predicted molar refractivity (Wildman–Crippen MR) is 82.4 cm³/mol. The van der Waals surface area contributed by atoms with Crippen LogP contribution in [0.5, 0.6) is 0 Å². The second-order valence-electron chi connectivity index (χ2n) is 6.70. The minimum absolute atomic E-state index is 0.283. The maximum Gasteiger partial charge on any atom is 0.0558 e. The number of hydrogen-bond donors (Lipinski definition) is 2. The van der Waals surface area contributed by atoms with E-state index in [9.17, 15) is 5.11 Å². The highest BCUT2D eigenvalue weighted by Crippen LogP contribution is 2.41. The van der Waals surface area contributed by atoms with Gasteiger partial charge in [-0.2, -0.15) is 0 Å². The Kier molecular flexibility index (Phi) is 7.33. The van der Waals surface area contributed by atoms with Crippen molar-refractivity contribution in [3.05, 3.63) is 0 Å². The summed E-state index contributed by atoms with van der Waals surface area (Å²) in [5.74, 6) is 0.735. The fourth-order valence-corrected chi connectivity index (χ4v) is 3.53. The third-order valence-electron chi connectivity index (χ3n) is 4.63. The molecule has 0 heterocycles. The molecule has 1 aliphatic carbocycles. The van der Waals surface area contributed by atoms with E-state index in [0.29, 0.717) is 11.5 Å². The minimum Gasteiger partial charge on any atom is -0.395 e. The topological polar surface area (TPSA) is 35.5 Å². The summed E-state index contributed by atoms with van der Waals surface area (Å²) in [6.45, 7) is 13.7. The lowest BCUT2D eigenvalue weighted by atomic mass is 9.84. The number of aliphatic hydroxyl groups is 1. The number of rotatable bonds is 9. The first-order valence-corrected chi connectivity index (χ1v) is 8.11. The molecule has 19 heavy (non-hydrogen) atoms. The average Bonchev–Trinajstić information content (AvgIpc) is 2.64. The van der Waals surface area contributed by atoms with Gasteiger partial charge in [-0.25, -0.2) is 0 Å². The Labute approximate surface area is 119 Å². The van der Waals surface area contributed by atoms with Gasteiger partial charge in [0.2, 0.25) is 0 Å². The van der Waals surface area contributed by atoms with Crippen LogP contribution in [0.4, 0.5) is 0 Å². The lowest BCUT2D eigenvalue weighted by Crippen LogP contribution is -2.46. The molecule has 1 aliphatic rings. The highest BCUT2D eigenvalue weighted by Gasteiger charge is 2.41. The van der Waals surface area contributed by atoms with Crippen LogP contribution < -0.4 is 5.32 Å². The first-order chi connectivity index (χ1) is 9.05. The van der Waals surface area contributed by atoms with Crippen LogP contribution >= 0.6 is 0 Å². The third kappa shape index (κ3) is 5.05. The average molecular weight is 270 g/mol. The van der Waals surface area contributed by atoms with E-state index in [1.807, 2.05) is 0 Å². The second-order valence-corrected chi connectivity index (χ2v) is 6.70. The molecule has 1 rings (SSSR count). The summed E-state index contributed by atoms with van der Waals surface area (Å²) < 4.78 is 0. The Morgan fingerprint density at radius 3 is 2.58 bits per heavy atom. The second kappa shape index (κ2) is 8.23. The maximum atomic E-state index is 9.22. The van der Waals surface area contributed by atoms with Crippen LogP contribution in [0.2, 0.25) is 0 Å². The molecule has 0 aliphatic heterocycles. The zero-order chi connectivity index (χ0) is 14.3. The van der Waals surface area contributed by atoms with Gasteiger partial charge in [0.1, 0.15) is 0 Å². The molecule has 0 radical (unpaired) electrons. The highest BCUT2D eigenvalue weighted by atomic mass is 16.3. The Balaban J connectivity index is 2.56. The lowest BCUT2D eigenvalue weighted by Gasteiger charge is -2.34. The van der Waals surface area contributed by atoms with Gasteiger partial charge in [-0.3, -0.25) is 0 Å². The van der Waals surface area contributed by atoms with Crippen LogP contribution in [0, 0.1) is 11.3 Å². The van der Waals surface area contributed by atoms with Crippen molar-refractivity contribution in [2.24, 2.45) is 11.3 Å². The Morgan fingerprint density at radius 1 is 1.26 bits per heavy atom. The smallest absolute Gasteiger partial charge is 0.0558 e. The fourth-order valence-electron chi connectivity index (χ4n) is 3.53. The Hall–Kier alpha value is -0.120. The minimum atomic E-state index is 0.283. The van der Waals surface area contributed by atoms with Gasteiger partial charge in [-0.05, 0) is 43.7 Å². The van der Waals surface area contributed by atoms with Crippen molar-refractivity contribution in [3.8, 4) is 0 Å². The van der Waals surface area contributed by atoms with E-state index in [1.54, 1.807) is 0 Å². The quantitative estimate of drug-likeness (QED) is 0.676. The molecule has 0 saturated heterocycles. The van der Waals surface area contributed by atoms with Crippen molar-refractivity contribution in [2.75, 3.05) is 32.8 Å². The summed E-state index contributed by atoms with van der Waals surface area (Å²) in [7, 11) is 0. The van der Waals surface area contributed by atoms with Crippen LogP contribution in [-0.2, 0) is 0 Å². The standard InChI is InChI=1S/C16H34N2O/c1-5-7-10-18(11-12-19)13-14-8-9-16(3,4)15(14)17-6-2/h14-15,17,19H,5-13H2,1-4H3. The van der Waals surface area contributed by atoms with E-state index >= 15 is 0 Å². The van der Waals surface area contributed by atoms with Crippen molar-refractivity contribution in [1.29, 1.82) is 0 Å². The van der Waals surface area contributed by atoms with Crippen LogP contribution in [0.1, 0.15) is 53.4 Å². The molecule has 114 valence electrons. The molecule has 0 bridgehead atoms. The van der Waals surface area contributed by atoms with Crippen LogP contribution in [0.15, 0.2) is 0 Å². The largest absolute Gasteiger partial charge is 0.395 e. The summed E-state index contributed by atoms with van der Waals surface area (Å²) in [6.07, 6.45) is 5.10. The van der Waals surface area contributed by atoms with E-state index in [0.717, 1.165) is 32.1 Å². The number of nitrogens with one attached hydrogen (secondary N) is 1. The zero-order valence-corrected chi connectivity index (χ0v) is 13.4. The molecule has 0 spiro atoms. The lowest BCUT2D eigenvalue weighted by molar-refractivity contribution is 0.153. The van der Waals surface area contributed by atoms with Gasteiger partial charge >= 0.3 is 0 Å². The normalized spacial score (nSPS) is 26.2. The first-order valence-electron chi connectivity index (χ1n) is 8.11. The first kappa shape index (κ1) is 16.9. The summed E-state index contributed by atoms with van der Waals surface area (Å²) >= 11 is 0. The Morgan fingerprint density at radius 2 is 2.00 bits per heavy atom. The number of nitrogens with zero attached hydrogens (tertiary/aromatic N) is 1. The van der Waals surface area contributed by atoms with Gasteiger partial charge < -0.3 is 15.3 Å². The molecular weight excluding hydrogens is 236 g/mol. The van der Waals surface area contributed by atoms with Gasteiger partial charge in [-0.15, -0.1) is 0 Å². The van der Waals surface area contributed by atoms with Crippen LogP contribution in [0.25, 0.3) is 0 Å². The molecule has 1 saturated carbocycles. The Bertz CT molecular complexity index is 243. The molecule has 0 aromatic carbocycles. The van der Waals surface area contributed by atoms with Crippen molar-refractivity contribution in [3.63, 3.8) is 0 Å². The third-order valence-corrected chi connectivity index (χ3v) is 4.63. The summed E-state index contributed by atoms with van der Waals surface area (Å²) in [5, 5.41) is 12.9. The van der Waals surface area contributed by atoms with Gasteiger partial charge in [0.05, 0.1) is 6.61 Å². The molecule has 2 N–H and O–H groups in total.